The number of rotatable bonds is 0. The fraction of sp³-hybridized carbons (Fsp3) is 0.0833. The smallest absolute Gasteiger partial charge is 0.346 e. The van der Waals surface area contributed by atoms with E-state index in [4.69, 9.17) is 0 Å². The van der Waals surface area contributed by atoms with Gasteiger partial charge in [0.05, 0.1) is 11.1 Å². The molecule has 0 spiro atoms. The van der Waals surface area contributed by atoms with Crippen molar-refractivity contribution in [3.8, 4) is 0 Å². The zero-order valence-electron chi connectivity index (χ0n) is 8.20. The zero-order valence-corrected chi connectivity index (χ0v) is 8.20. The molecule has 1 aromatic carbocycles. The van der Waals surface area contributed by atoms with E-state index < -0.39 is 11.9 Å². The number of hydrogen-bond acceptors (Lipinski definition) is 4. The maximum atomic E-state index is 11.6. The quantitative estimate of drug-likeness (QED) is 0.486. The normalized spacial score (nSPS) is 17.5. The first-order valence-corrected chi connectivity index (χ1v) is 4.74. The molecule has 0 aromatic heterocycles. The minimum atomic E-state index is -0.687. The molecule has 0 unspecified atom stereocenters. The second kappa shape index (κ2) is 2.66. The Morgan fingerprint density at radius 1 is 0.938 bits per heavy atom. The van der Waals surface area contributed by atoms with Gasteiger partial charge in [-0.25, -0.2) is 9.59 Å². The van der Waals surface area contributed by atoms with E-state index in [1.807, 2.05) is 0 Å². The van der Waals surface area contributed by atoms with Gasteiger partial charge in [0.2, 0.25) is 0 Å². The van der Waals surface area contributed by atoms with Gasteiger partial charge in [-0.05, 0) is 23.3 Å². The van der Waals surface area contributed by atoms with Crippen molar-refractivity contribution in [2.24, 2.45) is 0 Å². The summed E-state index contributed by atoms with van der Waals surface area (Å²) < 4.78 is 4.46. The summed E-state index contributed by atoms with van der Waals surface area (Å²) >= 11 is 0. The van der Waals surface area contributed by atoms with E-state index in [-0.39, 0.29) is 23.3 Å². The number of Topliss-reactive ketones (excluding diaryl/α,β-unsaturated/α-hetero) is 1. The Labute approximate surface area is 90.5 Å². The third-order valence-corrected chi connectivity index (χ3v) is 2.84. The van der Waals surface area contributed by atoms with Crippen LogP contribution < -0.4 is 0 Å². The Kier molecular flexibility index (Phi) is 1.50. The van der Waals surface area contributed by atoms with Crippen molar-refractivity contribution in [3.05, 3.63) is 41.0 Å². The number of benzene rings is 1. The maximum absolute atomic E-state index is 11.6. The molecule has 1 aliphatic heterocycles. The molecule has 0 saturated carbocycles. The minimum absolute atomic E-state index is 0.0741. The van der Waals surface area contributed by atoms with Gasteiger partial charge in [-0.15, -0.1) is 0 Å². The topological polar surface area (TPSA) is 60.4 Å². The van der Waals surface area contributed by atoms with Crippen molar-refractivity contribution in [2.75, 3.05) is 0 Å². The second-order valence-corrected chi connectivity index (χ2v) is 3.82. The first kappa shape index (κ1) is 9.03. The van der Waals surface area contributed by atoms with Crippen LogP contribution in [0.3, 0.4) is 0 Å². The number of carbonyl (C=O) groups excluding carboxylic acids is 3. The van der Waals surface area contributed by atoms with Crippen LogP contribution in [0.2, 0.25) is 0 Å². The van der Waals surface area contributed by atoms with E-state index >= 15 is 0 Å². The van der Waals surface area contributed by atoms with Crippen LogP contribution >= 0.6 is 0 Å². The van der Waals surface area contributed by atoms with E-state index in [0.29, 0.717) is 16.7 Å². The number of carbonyl (C=O) groups is 3. The molecule has 4 nitrogen and oxygen atoms in total. The lowest BCUT2D eigenvalue weighted by Crippen LogP contribution is -1.98. The van der Waals surface area contributed by atoms with Gasteiger partial charge in [-0.2, -0.15) is 0 Å². The molecule has 16 heavy (non-hydrogen) atoms. The van der Waals surface area contributed by atoms with Gasteiger partial charge >= 0.3 is 11.9 Å². The molecule has 4 heteroatoms. The third kappa shape index (κ3) is 0.957. The molecule has 0 fully saturated rings. The average Bonchev–Trinajstić information content (AvgIpc) is 2.67. The van der Waals surface area contributed by atoms with Crippen molar-refractivity contribution >= 4 is 23.3 Å². The molecule has 0 saturated heterocycles. The highest BCUT2D eigenvalue weighted by Gasteiger charge is 2.34. The van der Waals surface area contributed by atoms with E-state index in [0.717, 1.165) is 0 Å². The molecule has 0 radical (unpaired) electrons. The zero-order chi connectivity index (χ0) is 11.4. The highest BCUT2D eigenvalue weighted by Crippen LogP contribution is 2.35. The number of fused-ring (bicyclic) bond motifs is 2. The van der Waals surface area contributed by atoms with Gasteiger partial charge in [0, 0.05) is 12.0 Å². The lowest BCUT2D eigenvalue weighted by molar-refractivity contribution is 0.0443. The van der Waals surface area contributed by atoms with Gasteiger partial charge in [-0.3, -0.25) is 4.79 Å². The lowest BCUT2D eigenvalue weighted by Gasteiger charge is -1.99. The summed E-state index contributed by atoms with van der Waals surface area (Å²) in [7, 11) is 0. The lowest BCUT2D eigenvalue weighted by atomic mass is 10.0. The fourth-order valence-corrected chi connectivity index (χ4v) is 2.04. The molecule has 3 rings (SSSR count). The van der Waals surface area contributed by atoms with Crippen LogP contribution in [0.15, 0.2) is 18.7 Å². The first-order valence-electron chi connectivity index (χ1n) is 4.74. The largest absolute Gasteiger partial charge is 0.386 e. The molecule has 0 atom stereocenters. The summed E-state index contributed by atoms with van der Waals surface area (Å²) in [5.41, 5.74) is 2.17. The van der Waals surface area contributed by atoms with Crippen LogP contribution in [-0.2, 0) is 4.74 Å². The van der Waals surface area contributed by atoms with Gasteiger partial charge in [0.25, 0.3) is 0 Å². The maximum Gasteiger partial charge on any atom is 0.346 e. The Balaban J connectivity index is 2.33. The number of cyclic esters (lactones) is 2. The van der Waals surface area contributed by atoms with Crippen LogP contribution in [0.25, 0.3) is 5.57 Å². The molecule has 1 aliphatic carbocycles. The summed E-state index contributed by atoms with van der Waals surface area (Å²) in [6.07, 6.45) is 0.251. The van der Waals surface area contributed by atoms with Crippen LogP contribution in [-0.4, -0.2) is 17.7 Å². The summed E-state index contributed by atoms with van der Waals surface area (Å²) in [6.45, 7) is 3.76. The fourth-order valence-electron chi connectivity index (χ4n) is 2.04. The highest BCUT2D eigenvalue weighted by molar-refractivity contribution is 6.19. The molecular weight excluding hydrogens is 208 g/mol. The van der Waals surface area contributed by atoms with Gasteiger partial charge in [0.1, 0.15) is 0 Å². The van der Waals surface area contributed by atoms with Crippen LogP contribution in [0.4, 0.5) is 0 Å². The number of ketones is 1. The monoisotopic (exact) mass is 214 g/mol. The van der Waals surface area contributed by atoms with Crippen molar-refractivity contribution in [3.63, 3.8) is 0 Å². The highest BCUT2D eigenvalue weighted by atomic mass is 16.6. The predicted molar refractivity (Wildman–Crippen MR) is 54.2 cm³/mol. The summed E-state index contributed by atoms with van der Waals surface area (Å²) in [4.78, 5) is 34.2. The molecule has 0 amide bonds. The standard InChI is InChI=1S/C12H6O4/c1-5-2-10(13)7-4-9-8(3-6(5)7)11(14)16-12(9)15/h3-4H,1-2H2. The van der Waals surface area contributed by atoms with Crippen molar-refractivity contribution < 1.29 is 19.1 Å². The Morgan fingerprint density at radius 3 is 2.12 bits per heavy atom. The van der Waals surface area contributed by atoms with Gasteiger partial charge in [-0.1, -0.05) is 6.58 Å². The van der Waals surface area contributed by atoms with Crippen LogP contribution in [0, 0.1) is 0 Å². The van der Waals surface area contributed by atoms with Crippen molar-refractivity contribution in [1.29, 1.82) is 0 Å². The van der Waals surface area contributed by atoms with Crippen molar-refractivity contribution in [2.45, 2.75) is 6.42 Å². The predicted octanol–water partition coefficient (Wildman–Crippen LogP) is 1.60. The molecule has 2 aliphatic rings. The minimum Gasteiger partial charge on any atom is -0.386 e. The first-order chi connectivity index (χ1) is 7.58. The van der Waals surface area contributed by atoms with Crippen molar-refractivity contribution in [1.82, 2.24) is 0 Å². The van der Waals surface area contributed by atoms with E-state index in [1.165, 1.54) is 12.1 Å². The van der Waals surface area contributed by atoms with E-state index in [9.17, 15) is 14.4 Å². The van der Waals surface area contributed by atoms with Crippen LogP contribution in [0.1, 0.15) is 43.1 Å². The van der Waals surface area contributed by atoms with Gasteiger partial charge in [0.15, 0.2) is 5.78 Å². The molecule has 0 N–H and O–H groups in total. The summed E-state index contributed by atoms with van der Waals surface area (Å²) in [6, 6.07) is 2.95. The third-order valence-electron chi connectivity index (χ3n) is 2.84. The molecule has 1 aromatic rings. The SMILES string of the molecule is C=C1CC(=O)c2cc3c(cc21)C(=O)OC3=O. The Hall–Kier alpha value is -2.23. The Morgan fingerprint density at radius 2 is 1.50 bits per heavy atom. The van der Waals surface area contributed by atoms with E-state index in [1.54, 1.807) is 0 Å². The van der Waals surface area contributed by atoms with Gasteiger partial charge < -0.3 is 4.74 Å². The summed E-state index contributed by atoms with van der Waals surface area (Å²) in [5.74, 6) is -1.42. The second-order valence-electron chi connectivity index (χ2n) is 3.82. The Bertz CT molecular complexity index is 495. The molecule has 0 bridgehead atoms. The number of esters is 2. The molecule has 1 heterocycles. The van der Waals surface area contributed by atoms with Crippen LogP contribution in [0.5, 0.6) is 0 Å². The summed E-state index contributed by atoms with van der Waals surface area (Å²) in [5, 5.41) is 0. The van der Waals surface area contributed by atoms with E-state index in [2.05, 4.69) is 11.3 Å². The average molecular weight is 214 g/mol. The number of hydrogen-bond donors (Lipinski definition) is 0. The molecular formula is C12H6O4. The number of allylic oxidation sites excluding steroid dienone is 1. The number of ether oxygens (including phenoxy) is 1. The molecule has 78 valence electrons.